The van der Waals surface area contributed by atoms with Crippen molar-refractivity contribution in [3.8, 4) is 5.75 Å². The van der Waals surface area contributed by atoms with Crippen molar-refractivity contribution in [2.75, 3.05) is 32.1 Å². The molecule has 1 aliphatic heterocycles. The second-order valence-electron chi connectivity index (χ2n) is 11.1. The SMILES string of the molecule is C[C@@H]1CN([C@@H](C)CO)C(=O)c2cccc(NC(=O)c3nc4ccccc4s3)c2O[C@@H]1CN(C)Cc1ccc(C(F)(F)F)cc1. The van der Waals surface area contributed by atoms with Crippen LogP contribution in [0, 0.1) is 5.92 Å². The van der Waals surface area contributed by atoms with Crippen LogP contribution < -0.4 is 10.1 Å². The zero-order valence-corrected chi connectivity index (χ0v) is 25.3. The van der Waals surface area contributed by atoms with Crippen molar-refractivity contribution < 1.29 is 32.6 Å². The molecule has 12 heteroatoms. The van der Waals surface area contributed by atoms with Gasteiger partial charge >= 0.3 is 6.18 Å². The minimum atomic E-state index is -4.41. The highest BCUT2D eigenvalue weighted by molar-refractivity contribution is 7.20. The van der Waals surface area contributed by atoms with Gasteiger partial charge in [0, 0.05) is 25.6 Å². The fraction of sp³-hybridized carbons (Fsp3) is 0.344. The van der Waals surface area contributed by atoms with Gasteiger partial charge in [0.1, 0.15) is 6.10 Å². The standard InChI is InChI=1S/C32H33F3N4O4S/c1-19-15-39(20(2)18-40)31(42)23-7-6-9-25(36-29(41)30-37-24-8-4-5-10-27(24)44-30)28(23)43-26(19)17-38(3)16-21-11-13-22(14-12-21)32(33,34)35/h4-14,19-20,26,40H,15-18H2,1-3H3,(H,36,41)/t19-,20+,26-/m1/s1. The molecule has 0 aliphatic carbocycles. The molecule has 0 saturated carbocycles. The lowest BCUT2D eigenvalue weighted by Gasteiger charge is -2.38. The average molecular weight is 627 g/mol. The summed E-state index contributed by atoms with van der Waals surface area (Å²) < 4.78 is 46.5. The first kappa shape index (κ1) is 31.4. The number of rotatable bonds is 8. The summed E-state index contributed by atoms with van der Waals surface area (Å²) in [6, 6.07) is 16.9. The number of carbonyl (C=O) groups is 2. The summed E-state index contributed by atoms with van der Waals surface area (Å²) in [5, 5.41) is 13.1. The van der Waals surface area contributed by atoms with Crippen molar-refractivity contribution in [1.29, 1.82) is 0 Å². The number of ether oxygens (including phenoxy) is 1. The summed E-state index contributed by atoms with van der Waals surface area (Å²) in [7, 11) is 1.84. The van der Waals surface area contributed by atoms with Crippen molar-refractivity contribution in [3.05, 3.63) is 88.4 Å². The lowest BCUT2D eigenvalue weighted by molar-refractivity contribution is -0.137. The van der Waals surface area contributed by atoms with Crippen LogP contribution in [0.2, 0.25) is 0 Å². The Morgan fingerprint density at radius 3 is 2.57 bits per heavy atom. The van der Waals surface area contributed by atoms with Crippen LogP contribution in [-0.2, 0) is 12.7 Å². The number of thiazole rings is 1. The summed E-state index contributed by atoms with van der Waals surface area (Å²) in [4.78, 5) is 35.0. The molecule has 0 unspecified atom stereocenters. The molecule has 3 aromatic carbocycles. The highest BCUT2D eigenvalue weighted by atomic mass is 32.1. The fourth-order valence-electron chi connectivity index (χ4n) is 5.19. The van der Waals surface area contributed by atoms with Gasteiger partial charge in [0.2, 0.25) is 0 Å². The van der Waals surface area contributed by atoms with Crippen LogP contribution in [-0.4, -0.2) is 70.6 Å². The Morgan fingerprint density at radius 2 is 1.89 bits per heavy atom. The van der Waals surface area contributed by atoms with E-state index in [1.165, 1.54) is 23.5 Å². The van der Waals surface area contributed by atoms with Crippen molar-refractivity contribution in [2.45, 2.75) is 38.7 Å². The van der Waals surface area contributed by atoms with E-state index in [1.807, 2.05) is 43.1 Å². The molecule has 1 aromatic heterocycles. The third-order valence-corrected chi connectivity index (χ3v) is 8.69. The van der Waals surface area contributed by atoms with E-state index in [9.17, 15) is 27.9 Å². The molecule has 2 heterocycles. The summed E-state index contributed by atoms with van der Waals surface area (Å²) in [5.41, 5.74) is 1.25. The van der Waals surface area contributed by atoms with Crippen LogP contribution in [0.1, 0.15) is 45.1 Å². The minimum absolute atomic E-state index is 0.204. The largest absolute Gasteiger partial charge is 0.486 e. The van der Waals surface area contributed by atoms with Crippen LogP contribution in [0.4, 0.5) is 18.9 Å². The maximum Gasteiger partial charge on any atom is 0.416 e. The number of carbonyl (C=O) groups excluding carboxylic acids is 2. The first-order chi connectivity index (χ1) is 20.9. The van der Waals surface area contributed by atoms with Crippen LogP contribution >= 0.6 is 11.3 Å². The Morgan fingerprint density at radius 1 is 1.16 bits per heavy atom. The number of alkyl halides is 3. The van der Waals surface area contributed by atoms with Gasteiger partial charge in [0.05, 0.1) is 39.7 Å². The Bertz CT molecular complexity index is 1610. The Kier molecular flexibility index (Phi) is 9.23. The average Bonchev–Trinajstić information content (AvgIpc) is 3.43. The maximum atomic E-state index is 13.8. The molecule has 4 aromatic rings. The Labute approximate surface area is 257 Å². The van der Waals surface area contributed by atoms with E-state index >= 15 is 0 Å². The zero-order valence-electron chi connectivity index (χ0n) is 24.5. The maximum absolute atomic E-state index is 13.8. The van der Waals surface area contributed by atoms with E-state index in [0.717, 1.165) is 16.8 Å². The van der Waals surface area contributed by atoms with Crippen LogP contribution in [0.3, 0.4) is 0 Å². The molecule has 44 heavy (non-hydrogen) atoms. The lowest BCUT2D eigenvalue weighted by Crippen LogP contribution is -2.49. The number of para-hydroxylation sites is 2. The number of fused-ring (bicyclic) bond motifs is 2. The number of aromatic nitrogens is 1. The molecule has 1 aliphatic rings. The molecule has 3 atom stereocenters. The summed E-state index contributed by atoms with van der Waals surface area (Å²) in [5.74, 6) is -0.769. The smallest absolute Gasteiger partial charge is 0.416 e. The zero-order chi connectivity index (χ0) is 31.6. The highest BCUT2D eigenvalue weighted by Gasteiger charge is 2.35. The molecule has 8 nitrogen and oxygen atoms in total. The molecule has 0 spiro atoms. The molecule has 0 fully saturated rings. The second-order valence-corrected chi connectivity index (χ2v) is 12.2. The van der Waals surface area contributed by atoms with E-state index in [0.29, 0.717) is 36.4 Å². The summed E-state index contributed by atoms with van der Waals surface area (Å²) >= 11 is 1.25. The van der Waals surface area contributed by atoms with Gasteiger partial charge in [0.15, 0.2) is 10.8 Å². The van der Waals surface area contributed by atoms with Crippen molar-refractivity contribution >= 4 is 39.1 Å². The predicted molar refractivity (Wildman–Crippen MR) is 163 cm³/mol. The van der Waals surface area contributed by atoms with Crippen LogP contribution in [0.15, 0.2) is 66.7 Å². The number of aliphatic hydroxyl groups is 1. The van der Waals surface area contributed by atoms with Crippen LogP contribution in [0.5, 0.6) is 5.75 Å². The number of amides is 2. The van der Waals surface area contributed by atoms with Crippen LogP contribution in [0.25, 0.3) is 10.2 Å². The molecule has 232 valence electrons. The third kappa shape index (κ3) is 6.87. The molecule has 0 bridgehead atoms. The molecule has 0 radical (unpaired) electrons. The van der Waals surface area contributed by atoms with E-state index in [-0.39, 0.29) is 34.8 Å². The predicted octanol–water partition coefficient (Wildman–Crippen LogP) is 5.92. The van der Waals surface area contributed by atoms with Gasteiger partial charge in [-0.2, -0.15) is 13.2 Å². The van der Waals surface area contributed by atoms with Crippen molar-refractivity contribution in [2.24, 2.45) is 5.92 Å². The topological polar surface area (TPSA) is 95.0 Å². The molecular weight excluding hydrogens is 593 g/mol. The highest BCUT2D eigenvalue weighted by Crippen LogP contribution is 2.36. The number of nitrogens with one attached hydrogen (secondary N) is 1. The van der Waals surface area contributed by atoms with Gasteiger partial charge < -0.3 is 20.1 Å². The Balaban J connectivity index is 1.43. The summed E-state index contributed by atoms with van der Waals surface area (Å²) in [6.45, 7) is 4.51. The first-order valence-electron chi connectivity index (χ1n) is 14.2. The first-order valence-corrected chi connectivity index (χ1v) is 15.0. The van der Waals surface area contributed by atoms with Crippen molar-refractivity contribution in [1.82, 2.24) is 14.8 Å². The second kappa shape index (κ2) is 12.9. The number of hydrogen-bond acceptors (Lipinski definition) is 7. The minimum Gasteiger partial charge on any atom is -0.486 e. The van der Waals surface area contributed by atoms with E-state index < -0.39 is 29.8 Å². The third-order valence-electron chi connectivity index (χ3n) is 7.65. The van der Waals surface area contributed by atoms with Gasteiger partial charge in [-0.3, -0.25) is 14.5 Å². The van der Waals surface area contributed by atoms with E-state index in [4.69, 9.17) is 4.74 Å². The van der Waals surface area contributed by atoms with Gasteiger partial charge in [0.25, 0.3) is 11.8 Å². The van der Waals surface area contributed by atoms with Gasteiger partial charge in [-0.05, 0) is 55.9 Å². The van der Waals surface area contributed by atoms with E-state index in [1.54, 1.807) is 30.0 Å². The monoisotopic (exact) mass is 626 g/mol. The van der Waals surface area contributed by atoms with Crippen molar-refractivity contribution in [3.63, 3.8) is 0 Å². The Hall–Kier alpha value is -4.00. The quantitative estimate of drug-likeness (QED) is 0.252. The molecular formula is C32H33F3N4O4S. The lowest BCUT2D eigenvalue weighted by atomic mass is 9.98. The van der Waals surface area contributed by atoms with Gasteiger partial charge in [-0.25, -0.2) is 4.98 Å². The van der Waals surface area contributed by atoms with Gasteiger partial charge in [-0.15, -0.1) is 11.3 Å². The molecule has 0 saturated heterocycles. The fourth-order valence-corrected chi connectivity index (χ4v) is 6.05. The van der Waals surface area contributed by atoms with E-state index in [2.05, 4.69) is 10.3 Å². The van der Waals surface area contributed by atoms with Gasteiger partial charge in [-0.1, -0.05) is 37.3 Å². The number of benzene rings is 3. The number of halogens is 3. The number of aliphatic hydroxyl groups excluding tert-OH is 1. The molecule has 5 rings (SSSR count). The number of likely N-dealkylation sites (N-methyl/N-ethyl adjacent to an activating group) is 1. The number of hydrogen-bond donors (Lipinski definition) is 2. The molecule has 2 N–H and O–H groups in total. The normalized spacial score (nSPS) is 18.0. The summed E-state index contributed by atoms with van der Waals surface area (Å²) in [6.07, 6.45) is -4.88. The number of anilines is 1. The molecule has 2 amide bonds. The number of nitrogens with zero attached hydrogens (tertiary/aromatic N) is 3.